The zero-order valence-corrected chi connectivity index (χ0v) is 12.0. The maximum absolute atomic E-state index is 6.16. The van der Waals surface area contributed by atoms with Gasteiger partial charge in [-0.25, -0.2) is 0 Å². The van der Waals surface area contributed by atoms with Crippen LogP contribution in [0.2, 0.25) is 5.02 Å². The highest BCUT2D eigenvalue weighted by Crippen LogP contribution is 2.21. The van der Waals surface area contributed by atoms with Gasteiger partial charge in [-0.3, -0.25) is 10.9 Å². The zero-order chi connectivity index (χ0) is 13.7. The van der Waals surface area contributed by atoms with E-state index in [0.29, 0.717) is 0 Å². The van der Waals surface area contributed by atoms with Crippen LogP contribution in [0.4, 0.5) is 0 Å². The van der Waals surface area contributed by atoms with Crippen molar-refractivity contribution < 1.29 is 0 Å². The normalized spacial score (nSPS) is 12.4. The fourth-order valence-corrected chi connectivity index (χ4v) is 2.22. The summed E-state index contributed by atoms with van der Waals surface area (Å²) < 4.78 is 0. The lowest BCUT2D eigenvalue weighted by Gasteiger charge is -2.16. The highest BCUT2D eigenvalue weighted by atomic mass is 35.5. The van der Waals surface area contributed by atoms with Gasteiger partial charge in [0, 0.05) is 17.6 Å². The van der Waals surface area contributed by atoms with E-state index in [0.717, 1.165) is 17.1 Å². The second-order valence-corrected chi connectivity index (χ2v) is 5.13. The minimum Gasteiger partial charge on any atom is -0.253 e. The number of benzene rings is 2. The second-order valence-electron chi connectivity index (χ2n) is 4.73. The summed E-state index contributed by atoms with van der Waals surface area (Å²) in [5, 5.41) is 0.791. The third kappa shape index (κ3) is 4.06. The van der Waals surface area contributed by atoms with Crippen molar-refractivity contribution in [2.75, 3.05) is 0 Å². The summed E-state index contributed by atoms with van der Waals surface area (Å²) in [6.45, 7) is 4.97. The van der Waals surface area contributed by atoms with Crippen LogP contribution in [0.5, 0.6) is 0 Å². The maximum Gasteiger partial charge on any atom is 0.0454 e. The molecule has 3 heteroatoms. The first-order valence-corrected chi connectivity index (χ1v) is 6.83. The molecule has 0 amide bonds. The predicted molar refractivity (Wildman–Crippen MR) is 81.0 cm³/mol. The summed E-state index contributed by atoms with van der Waals surface area (Å²) in [6.07, 6.45) is 0. The average molecular weight is 275 g/mol. The minimum absolute atomic E-state index is 0.166. The Hall–Kier alpha value is -1.35. The van der Waals surface area contributed by atoms with E-state index in [1.807, 2.05) is 24.3 Å². The first kappa shape index (κ1) is 14.1. The van der Waals surface area contributed by atoms with Gasteiger partial charge >= 0.3 is 0 Å². The first-order chi connectivity index (χ1) is 9.16. The van der Waals surface area contributed by atoms with E-state index in [1.54, 1.807) is 0 Å². The molecule has 0 saturated carbocycles. The lowest BCUT2D eigenvalue weighted by molar-refractivity contribution is 0.460. The van der Waals surface area contributed by atoms with Gasteiger partial charge in [-0.05, 0) is 31.0 Å². The van der Waals surface area contributed by atoms with Gasteiger partial charge in [0.05, 0.1) is 0 Å². The van der Waals surface area contributed by atoms with Crippen LogP contribution in [-0.2, 0) is 6.54 Å². The van der Waals surface area contributed by atoms with Crippen LogP contribution < -0.4 is 10.9 Å². The molecule has 0 bridgehead atoms. The van der Waals surface area contributed by atoms with Crippen molar-refractivity contribution in [2.45, 2.75) is 26.4 Å². The predicted octanol–water partition coefficient (Wildman–Crippen LogP) is 4.00. The number of hydrogen-bond acceptors (Lipinski definition) is 2. The molecule has 1 unspecified atom stereocenters. The van der Waals surface area contributed by atoms with Crippen LogP contribution in [0.1, 0.15) is 29.7 Å². The van der Waals surface area contributed by atoms with E-state index in [-0.39, 0.29) is 6.04 Å². The quantitative estimate of drug-likeness (QED) is 0.805. The number of halogens is 1. The second kappa shape index (κ2) is 6.71. The monoisotopic (exact) mass is 274 g/mol. The van der Waals surface area contributed by atoms with Gasteiger partial charge in [0.1, 0.15) is 0 Å². The number of rotatable bonds is 5. The Balaban J connectivity index is 1.86. The molecule has 0 heterocycles. The topological polar surface area (TPSA) is 24.1 Å². The van der Waals surface area contributed by atoms with Crippen molar-refractivity contribution in [3.63, 3.8) is 0 Å². The highest BCUT2D eigenvalue weighted by molar-refractivity contribution is 6.31. The Morgan fingerprint density at radius 2 is 1.74 bits per heavy atom. The van der Waals surface area contributed by atoms with Gasteiger partial charge in [-0.2, -0.15) is 0 Å². The molecule has 0 saturated heterocycles. The molecule has 2 aromatic rings. The summed E-state index contributed by atoms with van der Waals surface area (Å²) in [6, 6.07) is 16.6. The highest BCUT2D eigenvalue weighted by Gasteiger charge is 2.07. The molecule has 0 spiro atoms. The Kier molecular flexibility index (Phi) is 4.97. The van der Waals surface area contributed by atoms with Crippen LogP contribution in [0.3, 0.4) is 0 Å². The molecule has 2 N–H and O–H groups in total. The van der Waals surface area contributed by atoms with Crippen LogP contribution in [0.25, 0.3) is 0 Å². The third-order valence-electron chi connectivity index (χ3n) is 3.10. The zero-order valence-electron chi connectivity index (χ0n) is 11.3. The average Bonchev–Trinajstić information content (AvgIpc) is 2.41. The fourth-order valence-electron chi connectivity index (χ4n) is 1.92. The van der Waals surface area contributed by atoms with Gasteiger partial charge < -0.3 is 0 Å². The van der Waals surface area contributed by atoms with Crippen molar-refractivity contribution >= 4 is 11.6 Å². The Morgan fingerprint density at radius 1 is 1.05 bits per heavy atom. The van der Waals surface area contributed by atoms with E-state index < -0.39 is 0 Å². The standard InChI is InChI=1S/C16H19ClN2/c1-12-7-9-14(10-8-12)11-18-19-13(2)15-5-3-4-6-16(15)17/h3-10,13,18-19H,11H2,1-2H3. The van der Waals surface area contributed by atoms with Crippen LogP contribution in [-0.4, -0.2) is 0 Å². The maximum atomic E-state index is 6.16. The molecule has 2 aromatic carbocycles. The molecule has 100 valence electrons. The summed E-state index contributed by atoms with van der Waals surface area (Å²) in [7, 11) is 0. The van der Waals surface area contributed by atoms with Crippen molar-refractivity contribution in [2.24, 2.45) is 0 Å². The van der Waals surface area contributed by atoms with E-state index in [9.17, 15) is 0 Å². The van der Waals surface area contributed by atoms with E-state index in [2.05, 4.69) is 49.0 Å². The molecule has 0 aromatic heterocycles. The van der Waals surface area contributed by atoms with Gasteiger partial charge in [0.15, 0.2) is 0 Å². The molecule has 0 aliphatic heterocycles. The lowest BCUT2D eigenvalue weighted by Crippen LogP contribution is -2.33. The molecule has 2 rings (SSSR count). The summed E-state index contributed by atoms with van der Waals surface area (Å²) >= 11 is 6.16. The van der Waals surface area contributed by atoms with Crippen molar-refractivity contribution in [1.29, 1.82) is 0 Å². The molecule has 2 nitrogen and oxygen atoms in total. The largest absolute Gasteiger partial charge is 0.253 e. The summed E-state index contributed by atoms with van der Waals surface area (Å²) in [5.74, 6) is 0. The van der Waals surface area contributed by atoms with Crippen molar-refractivity contribution in [3.05, 3.63) is 70.2 Å². The van der Waals surface area contributed by atoms with Crippen molar-refractivity contribution in [3.8, 4) is 0 Å². The van der Waals surface area contributed by atoms with Gasteiger partial charge in [-0.1, -0.05) is 59.6 Å². The number of hydrazine groups is 1. The molecule has 19 heavy (non-hydrogen) atoms. The minimum atomic E-state index is 0.166. The van der Waals surface area contributed by atoms with Crippen LogP contribution in [0, 0.1) is 6.92 Å². The first-order valence-electron chi connectivity index (χ1n) is 6.45. The molecule has 0 aliphatic carbocycles. The van der Waals surface area contributed by atoms with Gasteiger partial charge in [-0.15, -0.1) is 0 Å². The molecule has 0 radical (unpaired) electrons. The number of hydrogen-bond donors (Lipinski definition) is 2. The summed E-state index contributed by atoms with van der Waals surface area (Å²) in [5.41, 5.74) is 10.1. The van der Waals surface area contributed by atoms with Crippen molar-refractivity contribution in [1.82, 2.24) is 10.9 Å². The molecular formula is C16H19ClN2. The fraction of sp³-hybridized carbons (Fsp3) is 0.250. The van der Waals surface area contributed by atoms with Gasteiger partial charge in [0.25, 0.3) is 0 Å². The van der Waals surface area contributed by atoms with E-state index >= 15 is 0 Å². The van der Waals surface area contributed by atoms with E-state index in [1.165, 1.54) is 11.1 Å². The number of aryl methyl sites for hydroxylation is 1. The SMILES string of the molecule is Cc1ccc(CNNC(C)c2ccccc2Cl)cc1. The Bertz CT molecular complexity index is 523. The lowest BCUT2D eigenvalue weighted by atomic mass is 10.1. The number of nitrogens with one attached hydrogen (secondary N) is 2. The Morgan fingerprint density at radius 3 is 2.42 bits per heavy atom. The third-order valence-corrected chi connectivity index (χ3v) is 3.45. The van der Waals surface area contributed by atoms with Crippen LogP contribution >= 0.6 is 11.6 Å². The molecule has 0 fully saturated rings. The molecule has 0 aliphatic rings. The molecular weight excluding hydrogens is 256 g/mol. The van der Waals surface area contributed by atoms with Crippen LogP contribution in [0.15, 0.2) is 48.5 Å². The molecule has 1 atom stereocenters. The van der Waals surface area contributed by atoms with E-state index in [4.69, 9.17) is 11.6 Å². The smallest absolute Gasteiger partial charge is 0.0454 e. The van der Waals surface area contributed by atoms with Gasteiger partial charge in [0.2, 0.25) is 0 Å². The Labute approximate surface area is 119 Å². The summed E-state index contributed by atoms with van der Waals surface area (Å²) in [4.78, 5) is 0.